The van der Waals surface area contributed by atoms with Gasteiger partial charge in [-0.3, -0.25) is 10.2 Å². The first kappa shape index (κ1) is 8.67. The first-order valence-corrected chi connectivity index (χ1v) is 4.76. The largest absolute Gasteiger partial charge is 0.368 e. The van der Waals surface area contributed by atoms with Crippen LogP contribution in [0.4, 0.5) is 0 Å². The van der Waals surface area contributed by atoms with Crippen LogP contribution in [0.3, 0.4) is 0 Å². The molecular formula is C6H13N3OS. The maximum absolute atomic E-state index is 8.30. The van der Waals surface area contributed by atoms with Crippen LogP contribution in [0.5, 0.6) is 0 Å². The molecule has 1 heterocycles. The van der Waals surface area contributed by atoms with Gasteiger partial charge in [0.15, 0.2) is 0 Å². The van der Waals surface area contributed by atoms with Crippen molar-refractivity contribution in [2.75, 3.05) is 18.1 Å². The van der Waals surface area contributed by atoms with Gasteiger partial charge in [0, 0.05) is 6.54 Å². The SMILES string of the molecule is NC(=NCC1CCSC1)NO. The number of nitrogens with one attached hydrogen (secondary N) is 1. The first-order chi connectivity index (χ1) is 5.33. The summed E-state index contributed by atoms with van der Waals surface area (Å²) in [4.78, 5) is 3.94. The highest BCUT2D eigenvalue weighted by Crippen LogP contribution is 2.23. The Labute approximate surface area is 70.2 Å². The molecule has 64 valence electrons. The molecule has 1 fully saturated rings. The highest BCUT2D eigenvalue weighted by Gasteiger charge is 2.14. The number of guanidine groups is 1. The Morgan fingerprint density at radius 3 is 3.18 bits per heavy atom. The van der Waals surface area contributed by atoms with Crippen molar-refractivity contribution in [2.45, 2.75) is 6.42 Å². The fourth-order valence-electron chi connectivity index (χ4n) is 0.990. The lowest BCUT2D eigenvalue weighted by molar-refractivity contribution is 0.232. The molecule has 5 heteroatoms. The van der Waals surface area contributed by atoms with Gasteiger partial charge in [0.25, 0.3) is 0 Å². The van der Waals surface area contributed by atoms with E-state index in [1.165, 1.54) is 17.9 Å². The van der Waals surface area contributed by atoms with Gasteiger partial charge in [0.2, 0.25) is 5.96 Å². The van der Waals surface area contributed by atoms with Crippen LogP contribution in [-0.2, 0) is 0 Å². The molecule has 1 aliphatic rings. The third kappa shape index (κ3) is 2.98. The minimum atomic E-state index is 0.113. The Hall–Kier alpha value is -0.420. The van der Waals surface area contributed by atoms with E-state index in [0.717, 1.165) is 6.54 Å². The average molecular weight is 175 g/mol. The second kappa shape index (κ2) is 4.46. The van der Waals surface area contributed by atoms with Gasteiger partial charge in [-0.1, -0.05) is 0 Å². The minimum Gasteiger partial charge on any atom is -0.368 e. The van der Waals surface area contributed by atoms with Crippen LogP contribution < -0.4 is 11.2 Å². The number of hydroxylamine groups is 1. The lowest BCUT2D eigenvalue weighted by Crippen LogP contribution is -2.29. The quantitative estimate of drug-likeness (QED) is 0.315. The zero-order chi connectivity index (χ0) is 8.10. The first-order valence-electron chi connectivity index (χ1n) is 3.60. The van der Waals surface area contributed by atoms with Gasteiger partial charge >= 0.3 is 0 Å². The van der Waals surface area contributed by atoms with Crippen molar-refractivity contribution in [3.8, 4) is 0 Å². The number of nitrogens with two attached hydrogens (primary N) is 1. The van der Waals surface area contributed by atoms with Crippen molar-refractivity contribution in [1.29, 1.82) is 0 Å². The summed E-state index contributed by atoms with van der Waals surface area (Å²) < 4.78 is 0. The number of thioether (sulfide) groups is 1. The van der Waals surface area contributed by atoms with Gasteiger partial charge in [0.1, 0.15) is 0 Å². The van der Waals surface area contributed by atoms with E-state index >= 15 is 0 Å². The van der Waals surface area contributed by atoms with Crippen LogP contribution in [0, 0.1) is 5.92 Å². The van der Waals surface area contributed by atoms with Crippen molar-refractivity contribution in [1.82, 2.24) is 5.48 Å². The van der Waals surface area contributed by atoms with Crippen LogP contribution in [0.2, 0.25) is 0 Å². The van der Waals surface area contributed by atoms with E-state index in [-0.39, 0.29) is 5.96 Å². The molecule has 1 aliphatic heterocycles. The molecule has 0 bridgehead atoms. The summed E-state index contributed by atoms with van der Waals surface area (Å²) >= 11 is 1.95. The molecule has 0 radical (unpaired) electrons. The van der Waals surface area contributed by atoms with E-state index in [1.54, 1.807) is 0 Å². The molecule has 1 saturated heterocycles. The van der Waals surface area contributed by atoms with Crippen molar-refractivity contribution in [3.05, 3.63) is 0 Å². The lowest BCUT2D eigenvalue weighted by atomic mass is 10.1. The third-order valence-corrected chi connectivity index (χ3v) is 2.89. The predicted molar refractivity (Wildman–Crippen MR) is 46.8 cm³/mol. The fraction of sp³-hybridized carbons (Fsp3) is 0.833. The van der Waals surface area contributed by atoms with E-state index < -0.39 is 0 Å². The van der Waals surface area contributed by atoms with Crippen LogP contribution >= 0.6 is 11.8 Å². The molecule has 11 heavy (non-hydrogen) atoms. The molecule has 4 N–H and O–H groups in total. The number of rotatable bonds is 2. The van der Waals surface area contributed by atoms with E-state index in [2.05, 4.69) is 4.99 Å². The van der Waals surface area contributed by atoms with E-state index in [1.807, 2.05) is 17.2 Å². The summed E-state index contributed by atoms with van der Waals surface area (Å²) in [6.45, 7) is 0.729. The Morgan fingerprint density at radius 2 is 2.64 bits per heavy atom. The standard InChI is InChI=1S/C6H13N3OS/c7-6(9-10)8-3-5-1-2-11-4-5/h5,10H,1-4H2,(H3,7,8,9). The highest BCUT2D eigenvalue weighted by atomic mass is 32.2. The zero-order valence-corrected chi connectivity index (χ0v) is 7.10. The number of hydrogen-bond donors (Lipinski definition) is 3. The molecule has 0 spiro atoms. The Morgan fingerprint density at radius 1 is 1.82 bits per heavy atom. The summed E-state index contributed by atoms with van der Waals surface area (Å²) in [5, 5.41) is 8.30. The molecule has 0 aromatic rings. The maximum Gasteiger partial charge on any atom is 0.212 e. The molecule has 0 aromatic carbocycles. The minimum absolute atomic E-state index is 0.113. The average Bonchev–Trinajstić information content (AvgIpc) is 2.52. The third-order valence-electron chi connectivity index (χ3n) is 1.66. The van der Waals surface area contributed by atoms with Crippen molar-refractivity contribution in [2.24, 2.45) is 16.6 Å². The van der Waals surface area contributed by atoms with Gasteiger partial charge in [-0.15, -0.1) is 0 Å². The topological polar surface area (TPSA) is 70.6 Å². The Balaban J connectivity index is 2.19. The zero-order valence-electron chi connectivity index (χ0n) is 6.29. The fourth-order valence-corrected chi connectivity index (χ4v) is 2.26. The Bertz CT molecular complexity index is 145. The maximum atomic E-state index is 8.30. The van der Waals surface area contributed by atoms with Crippen LogP contribution in [-0.4, -0.2) is 29.2 Å². The molecule has 0 aliphatic carbocycles. The smallest absolute Gasteiger partial charge is 0.212 e. The molecule has 0 amide bonds. The summed E-state index contributed by atoms with van der Waals surface area (Å²) in [7, 11) is 0. The van der Waals surface area contributed by atoms with Gasteiger partial charge in [-0.25, -0.2) is 5.48 Å². The molecule has 1 rings (SSSR count). The second-order valence-electron chi connectivity index (χ2n) is 2.57. The Kier molecular flexibility index (Phi) is 3.51. The van der Waals surface area contributed by atoms with Gasteiger partial charge < -0.3 is 5.73 Å². The predicted octanol–water partition coefficient (Wildman–Crippen LogP) is 0.0330. The van der Waals surface area contributed by atoms with Crippen LogP contribution in [0.1, 0.15) is 6.42 Å². The van der Waals surface area contributed by atoms with Gasteiger partial charge in [-0.05, 0) is 23.8 Å². The van der Waals surface area contributed by atoms with Crippen molar-refractivity contribution >= 4 is 17.7 Å². The van der Waals surface area contributed by atoms with Crippen molar-refractivity contribution < 1.29 is 5.21 Å². The molecule has 4 nitrogen and oxygen atoms in total. The van der Waals surface area contributed by atoms with Crippen molar-refractivity contribution in [3.63, 3.8) is 0 Å². The summed E-state index contributed by atoms with van der Waals surface area (Å²) in [6.07, 6.45) is 1.22. The van der Waals surface area contributed by atoms with E-state index in [4.69, 9.17) is 10.9 Å². The molecule has 1 atom stereocenters. The molecule has 0 aromatic heterocycles. The van der Waals surface area contributed by atoms with Gasteiger partial charge in [-0.2, -0.15) is 11.8 Å². The monoisotopic (exact) mass is 175 g/mol. The van der Waals surface area contributed by atoms with Gasteiger partial charge in [0.05, 0.1) is 0 Å². The molecule has 0 saturated carbocycles. The molecule has 1 unspecified atom stereocenters. The lowest BCUT2D eigenvalue weighted by Gasteiger charge is -2.03. The summed E-state index contributed by atoms with van der Waals surface area (Å²) in [6, 6.07) is 0. The number of nitrogens with zero attached hydrogens (tertiary/aromatic N) is 1. The van der Waals surface area contributed by atoms with Crippen LogP contribution in [0.25, 0.3) is 0 Å². The summed E-state index contributed by atoms with van der Waals surface area (Å²) in [5.41, 5.74) is 7.04. The molecular weight excluding hydrogens is 162 g/mol. The number of hydrogen-bond acceptors (Lipinski definition) is 3. The second-order valence-corrected chi connectivity index (χ2v) is 3.72. The number of aliphatic imine (C=N–C) groups is 1. The van der Waals surface area contributed by atoms with Crippen LogP contribution in [0.15, 0.2) is 4.99 Å². The summed E-state index contributed by atoms with van der Waals surface area (Å²) in [5.74, 6) is 3.16. The highest BCUT2D eigenvalue weighted by molar-refractivity contribution is 7.99. The van der Waals surface area contributed by atoms with E-state index in [9.17, 15) is 0 Å². The van der Waals surface area contributed by atoms with E-state index in [0.29, 0.717) is 5.92 Å². The normalized spacial score (nSPS) is 25.5.